The molecule has 1 atom stereocenters. The fourth-order valence-corrected chi connectivity index (χ4v) is 1.92. The molecule has 0 spiro atoms. The second-order valence-corrected chi connectivity index (χ2v) is 4.37. The van der Waals surface area contributed by atoms with E-state index in [0.29, 0.717) is 0 Å². The Morgan fingerprint density at radius 2 is 2.42 bits per heavy atom. The lowest BCUT2D eigenvalue weighted by atomic mass is 10.0. The van der Waals surface area contributed by atoms with E-state index < -0.39 is 0 Å². The van der Waals surface area contributed by atoms with E-state index >= 15 is 0 Å². The zero-order chi connectivity index (χ0) is 9.14. The first kappa shape index (κ1) is 9.49. The molecule has 1 aromatic rings. The molecule has 0 aliphatic rings. The van der Waals surface area contributed by atoms with Gasteiger partial charge < -0.3 is 5.73 Å². The topological polar surface area (TPSA) is 26.0 Å². The summed E-state index contributed by atoms with van der Waals surface area (Å²) in [6.07, 6.45) is 0.885. The first-order chi connectivity index (χ1) is 5.59. The monoisotopic (exact) mass is 181 g/mol. The molecule has 0 radical (unpaired) electrons. The molecule has 0 bridgehead atoms. The van der Waals surface area contributed by atoms with Crippen molar-refractivity contribution >= 4 is 11.3 Å². The molecule has 2 N–H and O–H groups in total. The molecule has 1 nitrogen and oxygen atoms in total. The summed E-state index contributed by atoms with van der Waals surface area (Å²) in [6.45, 7) is 7.96. The van der Waals surface area contributed by atoms with Gasteiger partial charge in [0.25, 0.3) is 0 Å². The van der Waals surface area contributed by atoms with Gasteiger partial charge in [-0.3, -0.25) is 0 Å². The van der Waals surface area contributed by atoms with E-state index in [1.165, 1.54) is 10.4 Å². The minimum Gasteiger partial charge on any atom is -0.324 e. The smallest absolute Gasteiger partial charge is 0.0340 e. The number of thiophene rings is 1. The van der Waals surface area contributed by atoms with E-state index in [-0.39, 0.29) is 6.04 Å². The minimum atomic E-state index is 0.132. The lowest BCUT2D eigenvalue weighted by Crippen LogP contribution is -2.09. The molecule has 0 fully saturated rings. The summed E-state index contributed by atoms with van der Waals surface area (Å²) in [5.74, 6) is 0. The molecule has 0 saturated carbocycles. The van der Waals surface area contributed by atoms with E-state index in [4.69, 9.17) is 5.73 Å². The molecule has 1 heterocycles. The van der Waals surface area contributed by atoms with Crippen molar-refractivity contribution in [1.29, 1.82) is 0 Å². The number of rotatable bonds is 3. The molecule has 1 rings (SSSR count). The van der Waals surface area contributed by atoms with Crippen LogP contribution in [0.4, 0.5) is 0 Å². The van der Waals surface area contributed by atoms with Crippen LogP contribution in [0.1, 0.15) is 29.8 Å². The van der Waals surface area contributed by atoms with Crippen molar-refractivity contribution in [1.82, 2.24) is 0 Å². The summed E-state index contributed by atoms with van der Waals surface area (Å²) in [5.41, 5.74) is 8.34. The van der Waals surface area contributed by atoms with Crippen LogP contribution in [0.25, 0.3) is 0 Å². The molecule has 1 unspecified atom stereocenters. The van der Waals surface area contributed by atoms with Gasteiger partial charge in [-0.2, -0.15) is 0 Å². The summed E-state index contributed by atoms with van der Waals surface area (Å²) >= 11 is 1.75. The van der Waals surface area contributed by atoms with Crippen molar-refractivity contribution in [2.24, 2.45) is 5.73 Å². The van der Waals surface area contributed by atoms with Gasteiger partial charge in [0, 0.05) is 10.9 Å². The highest BCUT2D eigenvalue weighted by molar-refractivity contribution is 7.10. The van der Waals surface area contributed by atoms with Crippen molar-refractivity contribution in [2.45, 2.75) is 26.3 Å². The maximum Gasteiger partial charge on any atom is 0.0340 e. The summed E-state index contributed by atoms with van der Waals surface area (Å²) in [5, 5.41) is 2.13. The molecule has 0 aromatic carbocycles. The largest absolute Gasteiger partial charge is 0.324 e. The maximum absolute atomic E-state index is 5.96. The SMILES string of the molecule is C=C(C)CC(N)c1csc(C)c1. The predicted octanol–water partition coefficient (Wildman–Crippen LogP) is 3.02. The van der Waals surface area contributed by atoms with Crippen molar-refractivity contribution in [3.8, 4) is 0 Å². The Morgan fingerprint density at radius 3 is 2.83 bits per heavy atom. The van der Waals surface area contributed by atoms with Gasteiger partial charge in [0.2, 0.25) is 0 Å². The van der Waals surface area contributed by atoms with Crippen molar-refractivity contribution in [2.75, 3.05) is 0 Å². The minimum absolute atomic E-state index is 0.132. The van der Waals surface area contributed by atoms with Gasteiger partial charge >= 0.3 is 0 Å². The Morgan fingerprint density at radius 1 is 1.75 bits per heavy atom. The third kappa shape index (κ3) is 2.47. The van der Waals surface area contributed by atoms with Gasteiger partial charge in [-0.25, -0.2) is 0 Å². The molecular formula is C10H15NS. The average Bonchev–Trinajstić information content (AvgIpc) is 2.34. The van der Waals surface area contributed by atoms with Crippen LogP contribution in [0, 0.1) is 6.92 Å². The zero-order valence-corrected chi connectivity index (χ0v) is 8.45. The average molecular weight is 181 g/mol. The molecule has 12 heavy (non-hydrogen) atoms. The number of hydrogen-bond acceptors (Lipinski definition) is 2. The summed E-state index contributed by atoms with van der Waals surface area (Å²) in [6, 6.07) is 2.28. The van der Waals surface area contributed by atoms with E-state index in [2.05, 4.69) is 24.9 Å². The van der Waals surface area contributed by atoms with Crippen molar-refractivity contribution < 1.29 is 0 Å². The Bertz CT molecular complexity index is 275. The van der Waals surface area contributed by atoms with Crippen molar-refractivity contribution in [3.05, 3.63) is 34.0 Å². The van der Waals surface area contributed by atoms with Crippen LogP contribution >= 0.6 is 11.3 Å². The van der Waals surface area contributed by atoms with E-state index in [1.807, 2.05) is 6.92 Å². The molecule has 1 aromatic heterocycles. The third-order valence-electron chi connectivity index (χ3n) is 1.75. The molecule has 0 saturated heterocycles. The molecule has 66 valence electrons. The van der Waals surface area contributed by atoms with Crippen LogP contribution in [0.15, 0.2) is 23.6 Å². The Hall–Kier alpha value is -0.600. The van der Waals surface area contributed by atoms with Crippen LogP contribution in [0.3, 0.4) is 0 Å². The lowest BCUT2D eigenvalue weighted by molar-refractivity contribution is 0.720. The molecule has 0 amide bonds. The predicted molar refractivity (Wildman–Crippen MR) is 55.4 cm³/mol. The fraction of sp³-hybridized carbons (Fsp3) is 0.400. The number of hydrogen-bond donors (Lipinski definition) is 1. The summed E-state index contributed by atoms with van der Waals surface area (Å²) in [4.78, 5) is 1.32. The second-order valence-electron chi connectivity index (χ2n) is 3.26. The number of nitrogens with two attached hydrogens (primary N) is 1. The van der Waals surface area contributed by atoms with Crippen LogP contribution in [0.2, 0.25) is 0 Å². The van der Waals surface area contributed by atoms with Gasteiger partial charge in [-0.05, 0) is 37.3 Å². The molecule has 0 aliphatic heterocycles. The van der Waals surface area contributed by atoms with Gasteiger partial charge in [0.1, 0.15) is 0 Å². The van der Waals surface area contributed by atoms with Gasteiger partial charge in [-0.15, -0.1) is 17.9 Å². The zero-order valence-electron chi connectivity index (χ0n) is 7.63. The maximum atomic E-state index is 5.96. The Balaban J connectivity index is 2.64. The highest BCUT2D eigenvalue weighted by Gasteiger charge is 2.06. The third-order valence-corrected chi connectivity index (χ3v) is 2.63. The van der Waals surface area contributed by atoms with E-state index in [0.717, 1.165) is 12.0 Å². The first-order valence-electron chi connectivity index (χ1n) is 4.04. The summed E-state index contributed by atoms with van der Waals surface area (Å²) < 4.78 is 0. The highest BCUT2D eigenvalue weighted by Crippen LogP contribution is 2.22. The summed E-state index contributed by atoms with van der Waals surface area (Å²) in [7, 11) is 0. The molecule has 0 aliphatic carbocycles. The van der Waals surface area contributed by atoms with Crippen molar-refractivity contribution in [3.63, 3.8) is 0 Å². The lowest BCUT2D eigenvalue weighted by Gasteiger charge is -2.08. The van der Waals surface area contributed by atoms with E-state index in [1.54, 1.807) is 11.3 Å². The molecule has 2 heteroatoms. The van der Waals surface area contributed by atoms with Gasteiger partial charge in [0.05, 0.1) is 0 Å². The van der Waals surface area contributed by atoms with Gasteiger partial charge in [-0.1, -0.05) is 5.57 Å². The quantitative estimate of drug-likeness (QED) is 0.713. The highest BCUT2D eigenvalue weighted by atomic mass is 32.1. The normalized spacial score (nSPS) is 12.9. The van der Waals surface area contributed by atoms with Crippen LogP contribution in [0.5, 0.6) is 0 Å². The standard InChI is InChI=1S/C10H15NS/c1-7(2)4-10(11)9-5-8(3)12-6-9/h5-6,10H,1,4,11H2,2-3H3. The van der Waals surface area contributed by atoms with E-state index in [9.17, 15) is 0 Å². The second kappa shape index (κ2) is 3.87. The number of aryl methyl sites for hydroxylation is 1. The molecular weight excluding hydrogens is 166 g/mol. The van der Waals surface area contributed by atoms with Crippen LogP contribution in [-0.2, 0) is 0 Å². The first-order valence-corrected chi connectivity index (χ1v) is 4.92. The van der Waals surface area contributed by atoms with Crippen LogP contribution in [-0.4, -0.2) is 0 Å². The van der Waals surface area contributed by atoms with Crippen LogP contribution < -0.4 is 5.73 Å². The van der Waals surface area contributed by atoms with Gasteiger partial charge in [0.15, 0.2) is 0 Å². The Kier molecular flexibility index (Phi) is 3.06. The fourth-order valence-electron chi connectivity index (χ4n) is 1.15. The Labute approximate surface area is 77.9 Å².